The highest BCUT2D eigenvalue weighted by Gasteiger charge is 2.10. The van der Waals surface area contributed by atoms with Gasteiger partial charge in [-0.2, -0.15) is 5.10 Å². The van der Waals surface area contributed by atoms with E-state index in [1.165, 1.54) is 18.0 Å². The molecule has 0 spiro atoms. The summed E-state index contributed by atoms with van der Waals surface area (Å²) >= 11 is 13.4. The van der Waals surface area contributed by atoms with Gasteiger partial charge in [0.1, 0.15) is 0 Å². The molecule has 0 aliphatic carbocycles. The normalized spacial score (nSPS) is 11.3. The summed E-state index contributed by atoms with van der Waals surface area (Å²) in [7, 11) is 1.92. The number of nitrogens with one attached hydrogen (secondary N) is 1. The van der Waals surface area contributed by atoms with Crippen LogP contribution in [0.3, 0.4) is 0 Å². The highest BCUT2D eigenvalue weighted by atomic mass is 35.5. The molecule has 0 unspecified atom stereocenters. The van der Waals surface area contributed by atoms with Crippen molar-refractivity contribution in [1.82, 2.24) is 15.0 Å². The summed E-state index contributed by atoms with van der Waals surface area (Å²) in [5.74, 6) is -0.0402. The fourth-order valence-electron chi connectivity index (χ4n) is 2.22. The molecular formula is C17H14Cl2N4OS. The maximum Gasteiger partial charge on any atom is 0.250 e. The van der Waals surface area contributed by atoms with E-state index in [0.29, 0.717) is 15.6 Å². The Hall–Kier alpha value is -2.02. The minimum atomic E-state index is -0.239. The van der Waals surface area contributed by atoms with Crippen LogP contribution in [0.2, 0.25) is 10.0 Å². The minimum absolute atomic E-state index is 0.199. The molecule has 8 heteroatoms. The fraction of sp³-hybridized carbons (Fsp3) is 0.118. The van der Waals surface area contributed by atoms with Crippen molar-refractivity contribution in [1.29, 1.82) is 0 Å². The van der Waals surface area contributed by atoms with Gasteiger partial charge in [-0.1, -0.05) is 53.2 Å². The molecule has 0 saturated carbocycles. The van der Waals surface area contributed by atoms with Crippen LogP contribution in [-0.2, 0) is 11.8 Å². The highest BCUT2D eigenvalue weighted by Crippen LogP contribution is 2.23. The van der Waals surface area contributed by atoms with Crippen molar-refractivity contribution in [3.63, 3.8) is 0 Å². The van der Waals surface area contributed by atoms with Gasteiger partial charge in [-0.15, -0.1) is 0 Å². The molecule has 0 aliphatic heterocycles. The molecule has 1 aromatic heterocycles. The first-order valence-electron chi connectivity index (χ1n) is 7.36. The van der Waals surface area contributed by atoms with Gasteiger partial charge in [-0.3, -0.25) is 4.79 Å². The van der Waals surface area contributed by atoms with Crippen LogP contribution in [0.15, 0.2) is 52.7 Å². The van der Waals surface area contributed by atoms with Crippen LogP contribution >= 0.6 is 35.0 Å². The second kappa shape index (κ2) is 7.91. The van der Waals surface area contributed by atoms with Gasteiger partial charge in [-0.05, 0) is 24.3 Å². The molecule has 128 valence electrons. The number of nitrogens with zero attached hydrogens (tertiary/aromatic N) is 3. The van der Waals surface area contributed by atoms with Gasteiger partial charge in [0.2, 0.25) is 0 Å². The van der Waals surface area contributed by atoms with E-state index in [2.05, 4.69) is 15.5 Å². The Morgan fingerprint density at radius 2 is 1.96 bits per heavy atom. The second-order valence-electron chi connectivity index (χ2n) is 5.16. The van der Waals surface area contributed by atoms with Crippen LogP contribution in [0.4, 0.5) is 0 Å². The number of aromatic nitrogens is 2. The van der Waals surface area contributed by atoms with E-state index in [1.807, 2.05) is 35.9 Å². The fourth-order valence-corrected chi connectivity index (χ4v) is 3.49. The molecular weight excluding hydrogens is 379 g/mol. The van der Waals surface area contributed by atoms with Crippen LogP contribution in [0.25, 0.3) is 11.0 Å². The number of hydrogen-bond donors (Lipinski definition) is 1. The van der Waals surface area contributed by atoms with Crippen LogP contribution in [0.5, 0.6) is 0 Å². The van der Waals surface area contributed by atoms with Gasteiger partial charge in [0.25, 0.3) is 5.91 Å². The van der Waals surface area contributed by atoms with Crippen LogP contribution in [0.1, 0.15) is 5.56 Å². The van der Waals surface area contributed by atoms with E-state index in [9.17, 15) is 4.79 Å². The summed E-state index contributed by atoms with van der Waals surface area (Å²) in [6, 6.07) is 13.0. The molecule has 1 N–H and O–H groups in total. The Balaban J connectivity index is 1.59. The zero-order chi connectivity index (χ0) is 17.8. The zero-order valence-corrected chi connectivity index (χ0v) is 15.6. The summed E-state index contributed by atoms with van der Waals surface area (Å²) < 4.78 is 1.96. The number of para-hydroxylation sites is 2. The Labute approximate surface area is 159 Å². The maximum absolute atomic E-state index is 12.0. The van der Waals surface area contributed by atoms with Gasteiger partial charge >= 0.3 is 0 Å². The first-order valence-corrected chi connectivity index (χ1v) is 9.10. The Morgan fingerprint density at radius 3 is 2.68 bits per heavy atom. The molecule has 0 radical (unpaired) electrons. The third-order valence-electron chi connectivity index (χ3n) is 3.46. The Morgan fingerprint density at radius 1 is 1.24 bits per heavy atom. The van der Waals surface area contributed by atoms with Gasteiger partial charge in [-0.25, -0.2) is 10.4 Å². The molecule has 2 aromatic carbocycles. The number of fused-ring (bicyclic) bond motifs is 1. The number of thioether (sulfide) groups is 1. The first kappa shape index (κ1) is 17.8. The Kier molecular flexibility index (Phi) is 5.63. The molecule has 3 rings (SSSR count). The summed E-state index contributed by atoms with van der Waals surface area (Å²) in [6.45, 7) is 0. The summed E-state index contributed by atoms with van der Waals surface area (Å²) in [5.41, 5.74) is 4.96. The van der Waals surface area contributed by atoms with E-state index in [0.717, 1.165) is 16.2 Å². The lowest BCUT2D eigenvalue weighted by Crippen LogP contribution is -2.20. The summed E-state index contributed by atoms with van der Waals surface area (Å²) in [5, 5.41) is 5.62. The van der Waals surface area contributed by atoms with Crippen molar-refractivity contribution in [3.05, 3.63) is 58.1 Å². The number of carbonyl (C=O) groups is 1. The highest BCUT2D eigenvalue weighted by molar-refractivity contribution is 7.99. The van der Waals surface area contributed by atoms with Gasteiger partial charge < -0.3 is 4.57 Å². The number of halogens is 2. The van der Waals surface area contributed by atoms with E-state index in [-0.39, 0.29) is 11.7 Å². The molecule has 0 aliphatic rings. The SMILES string of the molecule is Cn1c(SCC(=O)NN=Cc2c(Cl)cccc2Cl)nc2ccccc21. The number of amides is 1. The molecule has 0 atom stereocenters. The minimum Gasteiger partial charge on any atom is -0.322 e. The van der Waals surface area contributed by atoms with Crippen LogP contribution in [0, 0.1) is 0 Å². The number of rotatable bonds is 5. The number of benzene rings is 2. The van der Waals surface area contributed by atoms with E-state index >= 15 is 0 Å². The number of aryl methyl sites for hydroxylation is 1. The average Bonchev–Trinajstić information content (AvgIpc) is 2.92. The van der Waals surface area contributed by atoms with Crippen LogP contribution < -0.4 is 5.43 Å². The lowest BCUT2D eigenvalue weighted by Gasteiger charge is -2.02. The number of imidazole rings is 1. The molecule has 25 heavy (non-hydrogen) atoms. The lowest BCUT2D eigenvalue weighted by molar-refractivity contribution is -0.118. The van der Waals surface area contributed by atoms with Crippen molar-refractivity contribution >= 4 is 58.1 Å². The molecule has 1 heterocycles. The summed E-state index contributed by atoms with van der Waals surface area (Å²) in [6.07, 6.45) is 1.43. The molecule has 3 aromatic rings. The van der Waals surface area contributed by atoms with Crippen molar-refractivity contribution < 1.29 is 4.79 Å². The van der Waals surface area contributed by atoms with E-state index in [1.54, 1.807) is 18.2 Å². The largest absolute Gasteiger partial charge is 0.322 e. The monoisotopic (exact) mass is 392 g/mol. The first-order chi connectivity index (χ1) is 12.1. The number of carbonyl (C=O) groups excluding carboxylic acids is 1. The van der Waals surface area contributed by atoms with E-state index in [4.69, 9.17) is 23.2 Å². The van der Waals surface area contributed by atoms with E-state index < -0.39 is 0 Å². The second-order valence-corrected chi connectivity index (χ2v) is 6.92. The van der Waals surface area contributed by atoms with Crippen LogP contribution in [-0.4, -0.2) is 27.4 Å². The number of hydrogen-bond acceptors (Lipinski definition) is 4. The lowest BCUT2D eigenvalue weighted by atomic mass is 10.2. The summed E-state index contributed by atoms with van der Waals surface area (Å²) in [4.78, 5) is 16.5. The van der Waals surface area contributed by atoms with Gasteiger partial charge in [0.05, 0.1) is 33.0 Å². The van der Waals surface area contributed by atoms with Gasteiger partial charge in [0, 0.05) is 12.6 Å². The van der Waals surface area contributed by atoms with Crippen molar-refractivity contribution in [3.8, 4) is 0 Å². The standard InChI is InChI=1S/C17H14Cl2N4OS/c1-23-15-8-3-2-7-14(15)21-17(23)25-10-16(24)22-20-9-11-12(18)5-4-6-13(11)19/h2-9H,10H2,1H3,(H,22,24). The average molecular weight is 393 g/mol. The molecule has 5 nitrogen and oxygen atoms in total. The predicted molar refractivity (Wildman–Crippen MR) is 104 cm³/mol. The third kappa shape index (κ3) is 4.15. The van der Waals surface area contributed by atoms with Crippen molar-refractivity contribution in [2.45, 2.75) is 5.16 Å². The van der Waals surface area contributed by atoms with Gasteiger partial charge in [0.15, 0.2) is 5.16 Å². The smallest absolute Gasteiger partial charge is 0.250 e. The van der Waals surface area contributed by atoms with Crippen molar-refractivity contribution in [2.24, 2.45) is 12.1 Å². The Bertz CT molecular complexity index is 935. The predicted octanol–water partition coefficient (Wildman–Crippen LogP) is 4.12. The quantitative estimate of drug-likeness (QED) is 0.403. The van der Waals surface area contributed by atoms with Crippen molar-refractivity contribution in [2.75, 3.05) is 5.75 Å². The zero-order valence-electron chi connectivity index (χ0n) is 13.2. The third-order valence-corrected chi connectivity index (χ3v) is 5.15. The topological polar surface area (TPSA) is 59.3 Å². The molecule has 0 bridgehead atoms. The molecule has 0 fully saturated rings. The molecule has 0 saturated heterocycles. The molecule has 1 amide bonds. The number of hydrazone groups is 1. The maximum atomic E-state index is 12.0.